The number of benzene rings is 3. The number of aromatic nitrogens is 1. The SMILES string of the molecule is COC(=O)c1ccccc1SCC(=O)c1cccc(/C=C/c2ccc3ccc(Cl)cc3n2)c1. The van der Waals surface area contributed by atoms with E-state index in [0.29, 0.717) is 16.1 Å². The Hall–Kier alpha value is -3.41. The van der Waals surface area contributed by atoms with Gasteiger partial charge in [0, 0.05) is 20.9 Å². The second-order valence-electron chi connectivity index (χ2n) is 7.23. The molecule has 4 rings (SSSR count). The number of rotatable bonds is 7. The molecule has 0 bridgehead atoms. The highest BCUT2D eigenvalue weighted by molar-refractivity contribution is 8.00. The Morgan fingerprint density at radius 3 is 2.64 bits per heavy atom. The van der Waals surface area contributed by atoms with Gasteiger partial charge in [-0.15, -0.1) is 11.8 Å². The highest BCUT2D eigenvalue weighted by Crippen LogP contribution is 2.25. The Bertz CT molecular complexity index is 1370. The van der Waals surface area contributed by atoms with Crippen LogP contribution in [0.1, 0.15) is 32.0 Å². The standard InChI is InChI=1S/C27H20ClNO3S/c1-32-27(31)23-7-2-3-8-26(23)33-17-25(30)20-6-4-5-18(15-20)9-13-22-14-11-19-10-12-21(28)16-24(19)29-22/h2-16H,17H2,1H3/b13-9+. The first-order valence-corrected chi connectivity index (χ1v) is 11.6. The fraction of sp³-hybridized carbons (Fsp3) is 0.0741. The summed E-state index contributed by atoms with van der Waals surface area (Å²) < 4.78 is 4.82. The second kappa shape index (κ2) is 10.5. The predicted octanol–water partition coefficient (Wildman–Crippen LogP) is 6.82. The van der Waals surface area contributed by atoms with Crippen LogP contribution in [0.25, 0.3) is 23.1 Å². The summed E-state index contributed by atoms with van der Waals surface area (Å²) in [6.45, 7) is 0. The molecule has 0 spiro atoms. The monoisotopic (exact) mass is 473 g/mol. The van der Waals surface area contributed by atoms with E-state index in [1.807, 2.05) is 72.8 Å². The van der Waals surface area contributed by atoms with E-state index in [0.717, 1.165) is 27.1 Å². The van der Waals surface area contributed by atoms with Gasteiger partial charge in [0.25, 0.3) is 0 Å². The minimum atomic E-state index is -0.415. The van der Waals surface area contributed by atoms with E-state index in [2.05, 4.69) is 4.98 Å². The lowest BCUT2D eigenvalue weighted by Crippen LogP contribution is -2.06. The highest BCUT2D eigenvalue weighted by atomic mass is 35.5. The molecule has 0 saturated carbocycles. The van der Waals surface area contributed by atoms with Crippen molar-refractivity contribution >= 4 is 58.2 Å². The Morgan fingerprint density at radius 2 is 1.79 bits per heavy atom. The van der Waals surface area contributed by atoms with Crippen LogP contribution in [0.4, 0.5) is 0 Å². The van der Waals surface area contributed by atoms with Crippen molar-refractivity contribution in [2.75, 3.05) is 12.9 Å². The van der Waals surface area contributed by atoms with Gasteiger partial charge in [-0.3, -0.25) is 4.79 Å². The molecule has 0 aliphatic heterocycles. The van der Waals surface area contributed by atoms with Crippen LogP contribution in [0.5, 0.6) is 0 Å². The predicted molar refractivity (Wildman–Crippen MR) is 135 cm³/mol. The third kappa shape index (κ3) is 5.69. The van der Waals surface area contributed by atoms with Gasteiger partial charge in [-0.2, -0.15) is 0 Å². The zero-order valence-corrected chi connectivity index (χ0v) is 19.4. The summed E-state index contributed by atoms with van der Waals surface area (Å²) in [5.41, 5.74) is 3.60. The van der Waals surface area contributed by atoms with Gasteiger partial charge in [0.2, 0.25) is 0 Å². The Labute approximate surface area is 201 Å². The first kappa shape index (κ1) is 22.8. The number of halogens is 1. The molecule has 6 heteroatoms. The number of fused-ring (bicyclic) bond motifs is 1. The van der Waals surface area contributed by atoms with Crippen LogP contribution in [0.3, 0.4) is 0 Å². The first-order valence-electron chi connectivity index (χ1n) is 10.2. The van der Waals surface area contributed by atoms with E-state index in [1.54, 1.807) is 18.2 Å². The highest BCUT2D eigenvalue weighted by Gasteiger charge is 2.14. The van der Waals surface area contributed by atoms with Crippen LogP contribution < -0.4 is 0 Å². The van der Waals surface area contributed by atoms with Gasteiger partial charge in [0.15, 0.2) is 5.78 Å². The van der Waals surface area contributed by atoms with Crippen LogP contribution >= 0.6 is 23.4 Å². The maximum atomic E-state index is 12.8. The minimum absolute atomic E-state index is 0.0200. The average Bonchev–Trinajstić information content (AvgIpc) is 2.85. The van der Waals surface area contributed by atoms with Crippen molar-refractivity contribution in [3.8, 4) is 0 Å². The zero-order chi connectivity index (χ0) is 23.2. The van der Waals surface area contributed by atoms with Crippen molar-refractivity contribution in [2.45, 2.75) is 4.90 Å². The van der Waals surface area contributed by atoms with Crippen molar-refractivity contribution < 1.29 is 14.3 Å². The summed E-state index contributed by atoms with van der Waals surface area (Å²) in [6.07, 6.45) is 3.83. The van der Waals surface area contributed by atoms with Crippen molar-refractivity contribution in [3.63, 3.8) is 0 Å². The van der Waals surface area contributed by atoms with Gasteiger partial charge in [-0.05, 0) is 48.0 Å². The van der Waals surface area contributed by atoms with Gasteiger partial charge in [0.1, 0.15) is 0 Å². The molecule has 33 heavy (non-hydrogen) atoms. The van der Waals surface area contributed by atoms with Crippen LogP contribution in [0, 0.1) is 0 Å². The largest absolute Gasteiger partial charge is 0.465 e. The maximum Gasteiger partial charge on any atom is 0.338 e. The fourth-order valence-electron chi connectivity index (χ4n) is 3.29. The summed E-state index contributed by atoms with van der Waals surface area (Å²) in [7, 11) is 1.34. The molecule has 1 heterocycles. The van der Waals surface area contributed by atoms with Crippen molar-refractivity contribution in [3.05, 3.63) is 106 Å². The number of pyridine rings is 1. The molecule has 0 aliphatic rings. The van der Waals surface area contributed by atoms with E-state index >= 15 is 0 Å². The summed E-state index contributed by atoms with van der Waals surface area (Å²) in [6, 6.07) is 24.1. The van der Waals surface area contributed by atoms with Crippen molar-refractivity contribution in [2.24, 2.45) is 0 Å². The molecule has 0 unspecified atom stereocenters. The Morgan fingerprint density at radius 1 is 0.970 bits per heavy atom. The number of nitrogens with zero attached hydrogens (tertiary/aromatic N) is 1. The van der Waals surface area contributed by atoms with Gasteiger partial charge in [0.05, 0.1) is 29.6 Å². The summed E-state index contributed by atoms with van der Waals surface area (Å²) >= 11 is 7.40. The van der Waals surface area contributed by atoms with E-state index in [9.17, 15) is 9.59 Å². The number of hydrogen-bond donors (Lipinski definition) is 0. The van der Waals surface area contributed by atoms with Gasteiger partial charge in [-0.25, -0.2) is 9.78 Å². The average molecular weight is 474 g/mol. The topological polar surface area (TPSA) is 56.3 Å². The number of ether oxygens (including phenoxy) is 1. The smallest absolute Gasteiger partial charge is 0.338 e. The van der Waals surface area contributed by atoms with Gasteiger partial charge >= 0.3 is 5.97 Å². The van der Waals surface area contributed by atoms with E-state index in [4.69, 9.17) is 16.3 Å². The third-order valence-electron chi connectivity index (χ3n) is 4.98. The summed E-state index contributed by atoms with van der Waals surface area (Å²) in [5, 5.41) is 1.67. The Balaban J connectivity index is 1.47. The first-order chi connectivity index (χ1) is 16.0. The molecule has 0 atom stereocenters. The number of methoxy groups -OCH3 is 1. The van der Waals surface area contributed by atoms with Crippen LogP contribution in [-0.2, 0) is 4.74 Å². The second-order valence-corrected chi connectivity index (χ2v) is 8.69. The molecular weight excluding hydrogens is 454 g/mol. The zero-order valence-electron chi connectivity index (χ0n) is 17.8. The minimum Gasteiger partial charge on any atom is -0.465 e. The lowest BCUT2D eigenvalue weighted by molar-refractivity contribution is 0.0596. The number of ketones is 1. The number of esters is 1. The maximum absolute atomic E-state index is 12.8. The molecule has 4 aromatic rings. The number of carbonyl (C=O) groups excluding carboxylic acids is 2. The molecule has 164 valence electrons. The molecule has 0 radical (unpaired) electrons. The molecule has 3 aromatic carbocycles. The molecule has 4 nitrogen and oxygen atoms in total. The molecular formula is C27H20ClNO3S. The Kier molecular flexibility index (Phi) is 7.23. The normalized spacial score (nSPS) is 11.1. The quantitative estimate of drug-likeness (QED) is 0.167. The van der Waals surface area contributed by atoms with Crippen LogP contribution in [0.15, 0.2) is 83.8 Å². The molecule has 0 fully saturated rings. The van der Waals surface area contributed by atoms with E-state index < -0.39 is 5.97 Å². The number of Topliss-reactive ketones (excluding diaryl/α,β-unsaturated/α-hetero) is 1. The van der Waals surface area contributed by atoms with Crippen molar-refractivity contribution in [1.82, 2.24) is 4.98 Å². The number of hydrogen-bond acceptors (Lipinski definition) is 5. The van der Waals surface area contributed by atoms with Crippen molar-refractivity contribution in [1.29, 1.82) is 0 Å². The van der Waals surface area contributed by atoms with Gasteiger partial charge < -0.3 is 4.74 Å². The summed E-state index contributed by atoms with van der Waals surface area (Å²) in [5.74, 6) is -0.218. The lowest BCUT2D eigenvalue weighted by atomic mass is 10.1. The molecule has 0 amide bonds. The fourth-order valence-corrected chi connectivity index (χ4v) is 4.40. The molecule has 0 N–H and O–H groups in total. The van der Waals surface area contributed by atoms with E-state index in [-0.39, 0.29) is 11.5 Å². The number of thioether (sulfide) groups is 1. The summed E-state index contributed by atoms with van der Waals surface area (Å²) in [4.78, 5) is 30.1. The molecule has 0 aliphatic carbocycles. The third-order valence-corrected chi connectivity index (χ3v) is 6.29. The van der Waals surface area contributed by atoms with Gasteiger partial charge in [-0.1, -0.05) is 60.1 Å². The number of carbonyl (C=O) groups is 2. The lowest BCUT2D eigenvalue weighted by Gasteiger charge is -2.07. The van der Waals surface area contributed by atoms with Crippen LogP contribution in [0.2, 0.25) is 5.02 Å². The van der Waals surface area contributed by atoms with E-state index in [1.165, 1.54) is 18.9 Å². The van der Waals surface area contributed by atoms with Crippen LogP contribution in [-0.4, -0.2) is 29.6 Å². The molecule has 1 aromatic heterocycles. The molecule has 0 saturated heterocycles.